The zero-order valence-electron chi connectivity index (χ0n) is 15.0. The minimum Gasteiger partial charge on any atom is -0.496 e. The largest absolute Gasteiger partial charge is 0.496 e. The Morgan fingerprint density at radius 3 is 2.85 bits per heavy atom. The number of aliphatic hydroxyl groups is 1. The molecule has 1 amide bonds. The van der Waals surface area contributed by atoms with Crippen molar-refractivity contribution in [3.05, 3.63) is 45.7 Å². The molecule has 0 aliphatic carbocycles. The van der Waals surface area contributed by atoms with Crippen molar-refractivity contribution in [3.63, 3.8) is 0 Å². The summed E-state index contributed by atoms with van der Waals surface area (Å²) in [5, 5.41) is 22.0. The van der Waals surface area contributed by atoms with Gasteiger partial charge in [0.05, 0.1) is 24.1 Å². The number of aliphatic hydroxyl groups excluding tert-OH is 1. The van der Waals surface area contributed by atoms with E-state index >= 15 is 0 Å². The standard InChI is InChI=1S/C18H22N2O6/c1-4-7-25-12-9-15(21)19(10-12)16-13-8-11(20(23)24)5-6-14(13)26-18(2,3)17(16)22/h5-6,8-9,16-17,22H,4,7,10H2,1-3H3/t16-,17+/m1/s1. The molecule has 2 atom stereocenters. The number of ether oxygens (including phenoxy) is 2. The van der Waals surface area contributed by atoms with Gasteiger partial charge in [0.25, 0.3) is 11.6 Å². The predicted molar refractivity (Wildman–Crippen MR) is 92.6 cm³/mol. The van der Waals surface area contributed by atoms with Crippen molar-refractivity contribution in [1.29, 1.82) is 0 Å². The molecule has 2 aliphatic heterocycles. The maximum atomic E-state index is 12.5. The van der Waals surface area contributed by atoms with Crippen LogP contribution in [0.3, 0.4) is 0 Å². The molecule has 0 spiro atoms. The Bertz CT molecular complexity index is 773. The number of nitro groups is 1. The van der Waals surface area contributed by atoms with Crippen molar-refractivity contribution in [2.75, 3.05) is 13.2 Å². The molecule has 0 fully saturated rings. The lowest BCUT2D eigenvalue weighted by atomic mass is 9.85. The molecule has 0 unspecified atom stereocenters. The Morgan fingerprint density at radius 2 is 2.19 bits per heavy atom. The van der Waals surface area contributed by atoms with Gasteiger partial charge in [-0.3, -0.25) is 14.9 Å². The molecule has 0 aromatic heterocycles. The third-order valence-corrected chi connectivity index (χ3v) is 4.63. The van der Waals surface area contributed by atoms with Gasteiger partial charge < -0.3 is 19.5 Å². The van der Waals surface area contributed by atoms with Crippen molar-refractivity contribution >= 4 is 11.6 Å². The molecule has 2 heterocycles. The van der Waals surface area contributed by atoms with Gasteiger partial charge in [0, 0.05) is 23.8 Å². The monoisotopic (exact) mass is 362 g/mol. The molecule has 2 aliphatic rings. The highest BCUT2D eigenvalue weighted by Gasteiger charge is 2.48. The van der Waals surface area contributed by atoms with Crippen LogP contribution in [-0.4, -0.2) is 45.7 Å². The van der Waals surface area contributed by atoms with Gasteiger partial charge in [-0.25, -0.2) is 0 Å². The molecule has 0 radical (unpaired) electrons. The Kier molecular flexibility index (Phi) is 4.62. The minimum atomic E-state index is -1.06. The highest BCUT2D eigenvalue weighted by molar-refractivity contribution is 5.91. The molecule has 3 rings (SSSR count). The number of rotatable bonds is 5. The number of amides is 1. The van der Waals surface area contributed by atoms with Crippen molar-refractivity contribution in [3.8, 4) is 5.75 Å². The molecule has 0 saturated heterocycles. The van der Waals surface area contributed by atoms with Crippen LogP contribution >= 0.6 is 0 Å². The molecule has 8 heteroatoms. The number of benzene rings is 1. The fraction of sp³-hybridized carbons (Fsp3) is 0.500. The smallest absolute Gasteiger partial charge is 0.270 e. The van der Waals surface area contributed by atoms with Crippen LogP contribution in [-0.2, 0) is 9.53 Å². The van der Waals surface area contributed by atoms with Crippen LogP contribution < -0.4 is 4.74 Å². The lowest BCUT2D eigenvalue weighted by Gasteiger charge is -2.45. The van der Waals surface area contributed by atoms with Gasteiger partial charge in [-0.15, -0.1) is 0 Å². The average Bonchev–Trinajstić information content (AvgIpc) is 2.94. The molecular formula is C18H22N2O6. The summed E-state index contributed by atoms with van der Waals surface area (Å²) in [5.74, 6) is 0.655. The van der Waals surface area contributed by atoms with E-state index in [2.05, 4.69) is 0 Å². The van der Waals surface area contributed by atoms with E-state index in [0.717, 1.165) is 6.42 Å². The Hall–Kier alpha value is -2.61. The molecule has 1 aromatic rings. The van der Waals surface area contributed by atoms with Crippen molar-refractivity contribution in [2.45, 2.75) is 44.9 Å². The third-order valence-electron chi connectivity index (χ3n) is 4.63. The van der Waals surface area contributed by atoms with E-state index in [1.807, 2.05) is 6.92 Å². The normalized spacial score (nSPS) is 23.9. The number of carbonyl (C=O) groups is 1. The quantitative estimate of drug-likeness (QED) is 0.637. The van der Waals surface area contributed by atoms with Gasteiger partial charge in [0.2, 0.25) is 0 Å². The molecule has 0 bridgehead atoms. The second-order valence-corrected chi connectivity index (χ2v) is 7.00. The van der Waals surface area contributed by atoms with Gasteiger partial charge in [-0.2, -0.15) is 0 Å². The van der Waals surface area contributed by atoms with Gasteiger partial charge in [-0.05, 0) is 26.3 Å². The number of hydrogen-bond donors (Lipinski definition) is 1. The van der Waals surface area contributed by atoms with Crippen LogP contribution in [0.4, 0.5) is 5.69 Å². The van der Waals surface area contributed by atoms with Gasteiger partial charge in [-0.1, -0.05) is 6.92 Å². The second-order valence-electron chi connectivity index (χ2n) is 7.00. The molecule has 140 valence electrons. The van der Waals surface area contributed by atoms with Crippen molar-refractivity contribution < 1.29 is 24.3 Å². The third kappa shape index (κ3) is 3.12. The van der Waals surface area contributed by atoms with Gasteiger partial charge in [0.15, 0.2) is 0 Å². The van der Waals surface area contributed by atoms with E-state index in [9.17, 15) is 20.0 Å². The van der Waals surface area contributed by atoms with E-state index in [1.54, 1.807) is 13.8 Å². The molecule has 26 heavy (non-hydrogen) atoms. The predicted octanol–water partition coefficient (Wildman–Crippen LogP) is 2.32. The molecule has 0 saturated carbocycles. The number of fused-ring (bicyclic) bond motifs is 1. The van der Waals surface area contributed by atoms with Crippen molar-refractivity contribution in [2.24, 2.45) is 0 Å². The van der Waals surface area contributed by atoms with E-state index < -0.39 is 22.7 Å². The van der Waals surface area contributed by atoms with Crippen LogP contribution in [0.1, 0.15) is 38.8 Å². The zero-order valence-corrected chi connectivity index (χ0v) is 15.0. The first-order valence-electron chi connectivity index (χ1n) is 8.54. The van der Waals surface area contributed by atoms with Crippen LogP contribution in [0.5, 0.6) is 5.75 Å². The number of non-ortho nitro benzene ring substituents is 1. The van der Waals surface area contributed by atoms with Crippen LogP contribution in [0.15, 0.2) is 30.0 Å². The molecule has 8 nitrogen and oxygen atoms in total. The molecular weight excluding hydrogens is 340 g/mol. The summed E-state index contributed by atoms with van der Waals surface area (Å²) in [4.78, 5) is 24.6. The van der Waals surface area contributed by atoms with E-state index in [4.69, 9.17) is 9.47 Å². The lowest BCUT2D eigenvalue weighted by molar-refractivity contribution is -0.385. The van der Waals surface area contributed by atoms with Crippen LogP contribution in [0.25, 0.3) is 0 Å². The summed E-state index contributed by atoms with van der Waals surface area (Å²) in [7, 11) is 0. The zero-order chi connectivity index (χ0) is 19.1. The minimum absolute atomic E-state index is 0.119. The van der Waals surface area contributed by atoms with E-state index in [-0.39, 0.29) is 18.1 Å². The maximum Gasteiger partial charge on any atom is 0.270 e. The van der Waals surface area contributed by atoms with Crippen LogP contribution in [0.2, 0.25) is 0 Å². The number of nitrogens with zero attached hydrogens (tertiary/aromatic N) is 2. The summed E-state index contributed by atoms with van der Waals surface area (Å²) in [6.45, 7) is 6.11. The summed E-state index contributed by atoms with van der Waals surface area (Å²) >= 11 is 0. The van der Waals surface area contributed by atoms with E-state index in [0.29, 0.717) is 23.7 Å². The first kappa shape index (κ1) is 18.2. The average molecular weight is 362 g/mol. The maximum absolute atomic E-state index is 12.5. The number of carbonyl (C=O) groups excluding carboxylic acids is 1. The first-order valence-corrected chi connectivity index (χ1v) is 8.54. The Morgan fingerprint density at radius 1 is 1.46 bits per heavy atom. The first-order chi connectivity index (χ1) is 12.2. The van der Waals surface area contributed by atoms with Gasteiger partial charge >= 0.3 is 0 Å². The fourth-order valence-electron chi connectivity index (χ4n) is 3.27. The summed E-state index contributed by atoms with van der Waals surface area (Å²) in [6, 6.07) is 3.46. The fourth-order valence-corrected chi connectivity index (χ4v) is 3.27. The van der Waals surface area contributed by atoms with Gasteiger partial charge in [0.1, 0.15) is 23.2 Å². The second kappa shape index (κ2) is 6.60. The molecule has 1 N–H and O–H groups in total. The number of hydrogen-bond acceptors (Lipinski definition) is 6. The highest BCUT2D eigenvalue weighted by Crippen LogP contribution is 2.45. The Balaban J connectivity index is 1.99. The topological polar surface area (TPSA) is 102 Å². The molecule has 1 aromatic carbocycles. The Labute approximate surface area is 151 Å². The lowest BCUT2D eigenvalue weighted by Crippen LogP contribution is -2.54. The SMILES string of the molecule is CCCOC1=CC(=O)N([C@@H]2c3cc([N+](=O)[O-])ccc3OC(C)(C)[C@H]2O)C1. The summed E-state index contributed by atoms with van der Waals surface area (Å²) in [6.07, 6.45) is 1.16. The van der Waals surface area contributed by atoms with E-state index in [1.165, 1.54) is 29.2 Å². The van der Waals surface area contributed by atoms with Crippen LogP contribution in [0, 0.1) is 10.1 Å². The van der Waals surface area contributed by atoms with Crippen molar-refractivity contribution in [1.82, 2.24) is 4.90 Å². The highest BCUT2D eigenvalue weighted by atomic mass is 16.6. The summed E-state index contributed by atoms with van der Waals surface area (Å²) in [5.41, 5.74) is -0.656. The number of nitro benzene ring substituents is 1. The summed E-state index contributed by atoms with van der Waals surface area (Å²) < 4.78 is 11.4.